The molecular weight excluding hydrogens is 687 g/mol. The van der Waals surface area contributed by atoms with Gasteiger partial charge in [-0.25, -0.2) is 33.1 Å². The van der Waals surface area contributed by atoms with E-state index in [1.807, 2.05) is 6.07 Å². The molecule has 7 rings (SSSR count). The summed E-state index contributed by atoms with van der Waals surface area (Å²) < 4.78 is 40.0. The zero-order valence-electron chi connectivity index (χ0n) is 29.1. The fraction of sp³-hybridized carbons (Fsp3) is 0.472. The minimum absolute atomic E-state index is 0.0280. The molecule has 0 bridgehead atoms. The number of fused-ring (bicyclic) bond motifs is 3. The number of benzene rings is 2. The highest BCUT2D eigenvalue weighted by molar-refractivity contribution is 7.92. The van der Waals surface area contributed by atoms with Crippen LogP contribution in [0.15, 0.2) is 69.7 Å². The Bertz CT molecular complexity index is 1860. The lowest BCUT2D eigenvalue weighted by atomic mass is 9.93. The number of hydrogen-bond acceptors (Lipinski definition) is 12. The molecule has 0 aliphatic carbocycles. The first-order chi connectivity index (χ1) is 24.8. The smallest absolute Gasteiger partial charge is 0.264 e. The molecule has 2 saturated heterocycles. The highest BCUT2D eigenvalue weighted by atomic mass is 32.2. The highest BCUT2D eigenvalue weighted by Gasteiger charge is 2.41. The fourth-order valence-corrected chi connectivity index (χ4v) is 8.57. The summed E-state index contributed by atoms with van der Waals surface area (Å²) in [5.41, 5.74) is 3.06. The molecule has 1 aromatic heterocycles. The van der Waals surface area contributed by atoms with Crippen LogP contribution >= 0.6 is 12.2 Å². The van der Waals surface area contributed by atoms with E-state index in [4.69, 9.17) is 26.7 Å². The van der Waals surface area contributed by atoms with E-state index in [2.05, 4.69) is 52.8 Å². The number of aromatic nitrogens is 2. The number of piperidine rings is 1. The summed E-state index contributed by atoms with van der Waals surface area (Å²) in [4.78, 5) is 25.3. The van der Waals surface area contributed by atoms with Crippen LogP contribution in [0.2, 0.25) is 0 Å². The van der Waals surface area contributed by atoms with E-state index in [0.29, 0.717) is 13.0 Å². The van der Waals surface area contributed by atoms with Crippen molar-refractivity contribution in [3.8, 4) is 11.5 Å². The molecule has 5 heterocycles. The molecule has 0 saturated carbocycles. The van der Waals surface area contributed by atoms with Gasteiger partial charge in [0.05, 0.1) is 29.5 Å². The van der Waals surface area contributed by atoms with Crippen molar-refractivity contribution in [2.45, 2.75) is 49.1 Å². The molecule has 2 unspecified atom stereocenters. The molecular formula is C36H45N9O4S2. The number of ether oxygens (including phenoxy) is 2. The zero-order valence-corrected chi connectivity index (χ0v) is 30.7. The van der Waals surface area contributed by atoms with Crippen LogP contribution in [0, 0.1) is 5.92 Å². The molecule has 0 spiro atoms. The summed E-state index contributed by atoms with van der Waals surface area (Å²) >= 11 is 5.87. The van der Waals surface area contributed by atoms with Crippen LogP contribution in [0.5, 0.6) is 11.5 Å². The number of anilines is 2. The molecule has 2 fully saturated rings. The molecule has 270 valence electrons. The lowest BCUT2D eigenvalue weighted by molar-refractivity contribution is 0.199. The molecule has 2 aromatic carbocycles. The summed E-state index contributed by atoms with van der Waals surface area (Å²) in [6.07, 6.45) is 9.78. The quantitative estimate of drug-likeness (QED) is 0.217. The maximum atomic E-state index is 12.8. The highest BCUT2D eigenvalue weighted by Crippen LogP contribution is 2.45. The number of nitrogens with one attached hydrogen (secondary N) is 2. The van der Waals surface area contributed by atoms with Gasteiger partial charge in [-0.05, 0) is 87.1 Å². The van der Waals surface area contributed by atoms with Crippen LogP contribution in [0.25, 0.3) is 0 Å². The Balaban J connectivity index is 0.943. The van der Waals surface area contributed by atoms with Crippen molar-refractivity contribution in [1.29, 1.82) is 0 Å². The van der Waals surface area contributed by atoms with E-state index in [1.165, 1.54) is 44.7 Å². The van der Waals surface area contributed by atoms with Crippen molar-refractivity contribution >= 4 is 51.0 Å². The van der Waals surface area contributed by atoms with E-state index >= 15 is 0 Å². The lowest BCUT2D eigenvalue weighted by Gasteiger charge is -2.40. The van der Waals surface area contributed by atoms with E-state index in [1.54, 1.807) is 43.8 Å². The van der Waals surface area contributed by atoms with Gasteiger partial charge in [0, 0.05) is 56.7 Å². The van der Waals surface area contributed by atoms with Crippen LogP contribution in [0.1, 0.15) is 42.7 Å². The molecule has 3 aromatic rings. The third-order valence-electron chi connectivity index (χ3n) is 10.2. The van der Waals surface area contributed by atoms with E-state index in [-0.39, 0.29) is 22.9 Å². The largest absolute Gasteiger partial charge is 0.493 e. The van der Waals surface area contributed by atoms with Gasteiger partial charge >= 0.3 is 0 Å². The van der Waals surface area contributed by atoms with Crippen LogP contribution < -0.4 is 19.5 Å². The SMILES string of the molecule is COc1cc2c(cc1OCCCC1CCN(C)CC1)C1C(N3CCN(C(=S)Cc4ccc(S(=O)(=O)Nc5ncccn5)cc4)CC3)=NC=NC1N2. The van der Waals surface area contributed by atoms with E-state index in [0.717, 1.165) is 77.7 Å². The number of amidine groups is 1. The number of likely N-dealkylation sites (tertiary alicyclic amines) is 1. The third-order valence-corrected chi connectivity index (χ3v) is 11.9. The Morgan fingerprint density at radius 3 is 2.49 bits per heavy atom. The van der Waals surface area contributed by atoms with Gasteiger partial charge in [0.15, 0.2) is 11.5 Å². The Labute approximate surface area is 305 Å². The van der Waals surface area contributed by atoms with Gasteiger partial charge in [-0.3, -0.25) is 0 Å². The van der Waals surface area contributed by atoms with Gasteiger partial charge < -0.3 is 29.5 Å². The van der Waals surface area contributed by atoms with Crippen LogP contribution in [0.3, 0.4) is 0 Å². The summed E-state index contributed by atoms with van der Waals surface area (Å²) in [7, 11) is 0.0856. The Hall–Kier alpha value is -4.34. The number of aliphatic imine (C=N–C) groups is 2. The van der Waals surface area contributed by atoms with Gasteiger partial charge in [0.1, 0.15) is 18.3 Å². The summed E-state index contributed by atoms with van der Waals surface area (Å²) in [6, 6.07) is 12.5. The van der Waals surface area contributed by atoms with Gasteiger partial charge in [-0.15, -0.1) is 0 Å². The topological polar surface area (TPSA) is 137 Å². The number of methoxy groups -OCH3 is 1. The number of hydrogen-bond donors (Lipinski definition) is 2. The maximum Gasteiger partial charge on any atom is 0.264 e. The average Bonchev–Trinajstić information content (AvgIpc) is 3.52. The first-order valence-electron chi connectivity index (χ1n) is 17.6. The van der Waals surface area contributed by atoms with Gasteiger partial charge in [0.2, 0.25) is 5.95 Å². The lowest BCUT2D eigenvalue weighted by Crippen LogP contribution is -2.53. The maximum absolute atomic E-state index is 12.8. The first-order valence-corrected chi connectivity index (χ1v) is 19.5. The van der Waals surface area contributed by atoms with Crippen molar-refractivity contribution in [3.63, 3.8) is 0 Å². The molecule has 4 aliphatic rings. The number of piperazine rings is 1. The monoisotopic (exact) mass is 731 g/mol. The predicted molar refractivity (Wildman–Crippen MR) is 203 cm³/mol. The zero-order chi connectivity index (χ0) is 35.4. The van der Waals surface area contributed by atoms with E-state index in [9.17, 15) is 8.42 Å². The number of rotatable bonds is 11. The average molecular weight is 732 g/mol. The van der Waals surface area contributed by atoms with Crippen molar-refractivity contribution in [2.24, 2.45) is 15.9 Å². The van der Waals surface area contributed by atoms with Crippen LogP contribution in [-0.4, -0.2) is 116 Å². The Morgan fingerprint density at radius 2 is 1.76 bits per heavy atom. The fourth-order valence-electron chi connectivity index (χ4n) is 7.26. The molecule has 0 amide bonds. The molecule has 2 atom stereocenters. The van der Waals surface area contributed by atoms with Gasteiger partial charge in [-0.1, -0.05) is 24.4 Å². The summed E-state index contributed by atoms with van der Waals surface area (Å²) in [5, 5.41) is 3.58. The molecule has 15 heteroatoms. The second-order valence-corrected chi connectivity index (χ2v) is 15.7. The molecule has 2 N–H and O–H groups in total. The van der Waals surface area contributed by atoms with Crippen molar-refractivity contribution in [1.82, 2.24) is 24.7 Å². The van der Waals surface area contributed by atoms with Crippen molar-refractivity contribution < 1.29 is 17.9 Å². The Kier molecular flexibility index (Phi) is 10.7. The number of sulfonamides is 1. The molecule has 51 heavy (non-hydrogen) atoms. The summed E-state index contributed by atoms with van der Waals surface area (Å²) in [5.74, 6) is 3.25. The van der Waals surface area contributed by atoms with Crippen molar-refractivity contribution in [2.75, 3.05) is 70.1 Å². The second kappa shape index (κ2) is 15.5. The Morgan fingerprint density at radius 1 is 1.02 bits per heavy atom. The van der Waals surface area contributed by atoms with Gasteiger partial charge in [0.25, 0.3) is 10.0 Å². The summed E-state index contributed by atoms with van der Waals surface area (Å²) in [6.45, 7) is 6.09. The second-order valence-electron chi connectivity index (χ2n) is 13.5. The molecule has 0 radical (unpaired) electrons. The van der Waals surface area contributed by atoms with Gasteiger partial charge in [-0.2, -0.15) is 0 Å². The molecule has 13 nitrogen and oxygen atoms in total. The first kappa shape index (κ1) is 35.1. The normalized spacial score (nSPS) is 20.6. The third kappa shape index (κ3) is 8.10. The number of nitrogens with zero attached hydrogens (tertiary/aromatic N) is 7. The standard InChI is InChI=1S/C36H45N9O4S2/c1-43-14-10-25(11-15-43)5-3-20-49-31-22-28-29(23-30(31)48-2)41-34-33(28)35(40-24-39-34)45-18-16-44(17-19-45)32(50)21-26-6-8-27(9-7-26)51(46,47)42-36-37-12-4-13-38-36/h4,6-9,12-13,22-25,33-34,41H,3,5,10-11,14-21H2,1-2H3,(H,37,38,42). The minimum Gasteiger partial charge on any atom is -0.493 e. The predicted octanol–water partition coefficient (Wildman–Crippen LogP) is 4.25. The van der Waals surface area contributed by atoms with Crippen LogP contribution in [0.4, 0.5) is 11.6 Å². The van der Waals surface area contributed by atoms with Crippen LogP contribution in [-0.2, 0) is 16.4 Å². The molecule has 4 aliphatic heterocycles. The minimum atomic E-state index is -3.80. The van der Waals surface area contributed by atoms with Crippen molar-refractivity contribution in [3.05, 3.63) is 66.0 Å². The van der Waals surface area contributed by atoms with E-state index < -0.39 is 10.0 Å². The number of thiocarbonyl (C=S) groups is 1.